The van der Waals surface area contributed by atoms with Crippen molar-refractivity contribution in [3.8, 4) is 11.5 Å². The minimum absolute atomic E-state index is 0.0228. The van der Waals surface area contributed by atoms with E-state index >= 15 is 0 Å². The molecule has 236 valence electrons. The summed E-state index contributed by atoms with van der Waals surface area (Å²) in [7, 11) is 1.44. The van der Waals surface area contributed by atoms with Gasteiger partial charge in [-0.3, -0.25) is 9.59 Å². The second-order valence-corrected chi connectivity index (χ2v) is 13.2. The first-order valence-corrected chi connectivity index (χ1v) is 15.3. The summed E-state index contributed by atoms with van der Waals surface area (Å²) in [5.74, 6) is -3.54. The van der Waals surface area contributed by atoms with Crippen molar-refractivity contribution in [2.24, 2.45) is 17.8 Å². The number of ether oxygens (including phenoxy) is 5. The number of carbonyl (C=O) groups excluding carboxylic acids is 2. The summed E-state index contributed by atoms with van der Waals surface area (Å²) >= 11 is 0. The van der Waals surface area contributed by atoms with E-state index in [1.807, 2.05) is 49.4 Å². The summed E-state index contributed by atoms with van der Waals surface area (Å²) in [6, 6.07) is 14.1. The monoisotopic (exact) mass is 614 g/mol. The van der Waals surface area contributed by atoms with Crippen molar-refractivity contribution in [2.45, 2.75) is 68.9 Å². The quantitative estimate of drug-likeness (QED) is 0.339. The smallest absolute Gasteiger partial charge is 0.313 e. The van der Waals surface area contributed by atoms with Gasteiger partial charge in [-0.05, 0) is 60.6 Å². The Morgan fingerprint density at radius 2 is 1.89 bits per heavy atom. The predicted molar refractivity (Wildman–Crippen MR) is 162 cm³/mol. The van der Waals surface area contributed by atoms with Gasteiger partial charge in [0.25, 0.3) is 0 Å². The van der Waals surface area contributed by atoms with Gasteiger partial charge in [0.2, 0.25) is 0 Å². The van der Waals surface area contributed by atoms with Crippen LogP contribution in [0.3, 0.4) is 0 Å². The predicted octanol–water partition coefficient (Wildman–Crippen LogP) is 4.66. The normalized spacial score (nSPS) is 37.7. The lowest BCUT2D eigenvalue weighted by molar-refractivity contribution is -0.433. The van der Waals surface area contributed by atoms with Crippen molar-refractivity contribution >= 4 is 11.8 Å². The highest BCUT2D eigenvalue weighted by molar-refractivity contribution is 6.04. The molecule has 2 N–H and O–H groups in total. The number of hydrogen-bond donors (Lipinski definition) is 2. The molecule has 2 aromatic carbocycles. The highest BCUT2D eigenvalue weighted by Gasteiger charge is 2.79. The van der Waals surface area contributed by atoms with Crippen molar-refractivity contribution in [3.05, 3.63) is 95.1 Å². The molecule has 9 nitrogen and oxygen atoms in total. The van der Waals surface area contributed by atoms with Crippen LogP contribution in [0.4, 0.5) is 0 Å². The fourth-order valence-electron chi connectivity index (χ4n) is 8.48. The Bertz CT molecular complexity index is 1660. The van der Waals surface area contributed by atoms with Crippen LogP contribution in [0.1, 0.15) is 44.7 Å². The number of methoxy groups -OCH3 is 1. The summed E-state index contributed by atoms with van der Waals surface area (Å²) in [6.07, 6.45) is 3.74. The fourth-order valence-corrected chi connectivity index (χ4v) is 8.48. The number of fused-ring (bicyclic) bond motifs is 2. The van der Waals surface area contributed by atoms with E-state index in [2.05, 4.69) is 13.5 Å². The third-order valence-corrected chi connectivity index (χ3v) is 10.5. The largest absolute Gasteiger partial charge is 0.504 e. The SMILES string of the molecule is C=C(C)[C@@]12C[C@@H](C)C34OC(c5ccccc5)(OC1[C@@H]3C=C(COC(=O)Cc1ccc(O)c(OC)c1)C[C@]1(O)C(=O)C(C)=C[C@@H]41)O2. The second-order valence-electron chi connectivity index (χ2n) is 13.2. The van der Waals surface area contributed by atoms with Crippen molar-refractivity contribution in [1.29, 1.82) is 0 Å². The molecular weight excluding hydrogens is 576 g/mol. The lowest BCUT2D eigenvalue weighted by Crippen LogP contribution is -2.70. The zero-order valence-corrected chi connectivity index (χ0v) is 25.9. The van der Waals surface area contributed by atoms with E-state index in [0.717, 1.165) is 5.57 Å². The van der Waals surface area contributed by atoms with Gasteiger partial charge in [-0.1, -0.05) is 62.1 Å². The number of aliphatic hydroxyl groups is 1. The number of hydrogen-bond acceptors (Lipinski definition) is 9. The number of aromatic hydroxyl groups is 1. The van der Waals surface area contributed by atoms with Crippen molar-refractivity contribution in [1.82, 2.24) is 0 Å². The highest BCUT2D eigenvalue weighted by atomic mass is 16.9. The number of ketones is 1. The first-order valence-electron chi connectivity index (χ1n) is 15.3. The maximum atomic E-state index is 13.8. The lowest BCUT2D eigenvalue weighted by atomic mass is 9.55. The van der Waals surface area contributed by atoms with Gasteiger partial charge in [0, 0.05) is 23.8 Å². The summed E-state index contributed by atoms with van der Waals surface area (Å²) in [4.78, 5) is 26.8. The molecule has 0 spiro atoms. The van der Waals surface area contributed by atoms with Gasteiger partial charge in [-0.15, -0.1) is 0 Å². The summed E-state index contributed by atoms with van der Waals surface area (Å²) in [5, 5.41) is 22.3. The van der Waals surface area contributed by atoms with Crippen LogP contribution in [-0.4, -0.2) is 58.6 Å². The number of phenolic OH excluding ortho intramolecular Hbond substituents is 1. The molecule has 8 atom stereocenters. The third kappa shape index (κ3) is 4.14. The topological polar surface area (TPSA) is 121 Å². The van der Waals surface area contributed by atoms with Crippen molar-refractivity contribution < 1.29 is 43.5 Å². The molecule has 3 aliphatic carbocycles. The first-order chi connectivity index (χ1) is 21.4. The molecule has 9 heteroatoms. The molecule has 7 rings (SSSR count). The van der Waals surface area contributed by atoms with Gasteiger partial charge in [-0.25, -0.2) is 0 Å². The van der Waals surface area contributed by atoms with E-state index in [1.165, 1.54) is 13.2 Å². The van der Waals surface area contributed by atoms with E-state index in [4.69, 9.17) is 23.7 Å². The molecule has 45 heavy (non-hydrogen) atoms. The molecular formula is C36H38O9. The molecule has 2 heterocycles. The zero-order valence-electron chi connectivity index (χ0n) is 25.9. The molecule has 2 saturated heterocycles. The standard InChI is InChI=1S/C36H38O9/c1-20(2)34-17-22(4)35-26(32(34)43-36(44-34,45-35)25-9-7-6-8-10-25)14-24(18-33(40)29(35)13-21(3)31(33)39)19-42-30(38)16-23-11-12-27(37)28(15-23)41-5/h6-15,22,26,29,32,37,40H,1,16-19H2,2-5H3/t22-,26+,29-,32?,33-,34+,35?,36?/m1/s1. The number of esters is 1. The average Bonchev–Trinajstić information content (AvgIpc) is 3.33. The number of phenols is 1. The van der Waals surface area contributed by atoms with Crippen molar-refractivity contribution in [2.75, 3.05) is 13.7 Å². The van der Waals surface area contributed by atoms with Gasteiger partial charge in [0.05, 0.1) is 19.1 Å². The van der Waals surface area contributed by atoms with Crippen LogP contribution in [0.2, 0.25) is 0 Å². The maximum absolute atomic E-state index is 13.8. The lowest BCUT2D eigenvalue weighted by Gasteiger charge is -2.59. The van der Waals surface area contributed by atoms with E-state index in [1.54, 1.807) is 19.1 Å². The maximum Gasteiger partial charge on any atom is 0.313 e. The van der Waals surface area contributed by atoms with Crippen LogP contribution in [0, 0.1) is 17.8 Å². The summed E-state index contributed by atoms with van der Waals surface area (Å²) < 4.78 is 31.7. The third-order valence-electron chi connectivity index (χ3n) is 10.5. The first kappa shape index (κ1) is 29.9. The van der Waals surface area contributed by atoms with E-state index in [9.17, 15) is 19.8 Å². The molecule has 0 amide bonds. The van der Waals surface area contributed by atoms with Crippen LogP contribution < -0.4 is 4.74 Å². The van der Waals surface area contributed by atoms with Crippen LogP contribution in [0.15, 0.2) is 84.0 Å². The van der Waals surface area contributed by atoms with E-state index in [-0.39, 0.29) is 42.6 Å². The van der Waals surface area contributed by atoms with Crippen LogP contribution in [-0.2, 0) is 40.9 Å². The van der Waals surface area contributed by atoms with E-state index < -0.39 is 46.7 Å². The molecule has 0 aromatic heterocycles. The van der Waals surface area contributed by atoms with Crippen LogP contribution >= 0.6 is 0 Å². The zero-order chi connectivity index (χ0) is 31.9. The minimum atomic E-state index is -1.81. The molecule has 0 radical (unpaired) electrons. The van der Waals surface area contributed by atoms with Crippen LogP contribution in [0.5, 0.6) is 11.5 Å². The molecule has 2 aliphatic heterocycles. The Morgan fingerprint density at radius 1 is 1.13 bits per heavy atom. The molecule has 3 fully saturated rings. The van der Waals surface area contributed by atoms with Gasteiger partial charge in [-0.2, -0.15) is 0 Å². The Hall–Kier alpha value is -3.76. The van der Waals surface area contributed by atoms with Crippen LogP contribution in [0.25, 0.3) is 0 Å². The summed E-state index contributed by atoms with van der Waals surface area (Å²) in [6.45, 7) is 9.93. The Morgan fingerprint density at radius 3 is 2.60 bits per heavy atom. The van der Waals surface area contributed by atoms with Gasteiger partial charge < -0.3 is 33.9 Å². The average molecular weight is 615 g/mol. The molecule has 3 unspecified atom stereocenters. The molecule has 3 bridgehead atoms. The Labute approximate surface area is 262 Å². The van der Waals surface area contributed by atoms with E-state index in [0.29, 0.717) is 28.7 Å². The highest BCUT2D eigenvalue weighted by Crippen LogP contribution is 2.69. The Balaban J connectivity index is 1.29. The second kappa shape index (κ2) is 10.1. The molecule has 1 saturated carbocycles. The number of Topliss-reactive ketones (excluding diaryl/α,β-unsaturated/α-hetero) is 1. The molecule has 2 aromatic rings. The summed E-state index contributed by atoms with van der Waals surface area (Å²) in [5.41, 5.74) is -0.618. The molecule has 5 aliphatic rings. The minimum Gasteiger partial charge on any atom is -0.504 e. The van der Waals surface area contributed by atoms with Crippen molar-refractivity contribution in [3.63, 3.8) is 0 Å². The fraction of sp³-hybridized carbons (Fsp3) is 0.444. The number of carbonyl (C=O) groups is 2. The van der Waals surface area contributed by atoms with Gasteiger partial charge >= 0.3 is 11.9 Å². The van der Waals surface area contributed by atoms with Gasteiger partial charge in [0.15, 0.2) is 17.3 Å². The Kier molecular flexibility index (Phi) is 6.73. The number of benzene rings is 2. The number of rotatable bonds is 7. The van der Waals surface area contributed by atoms with Gasteiger partial charge in [0.1, 0.15) is 23.9 Å².